The second-order valence-corrected chi connectivity index (χ2v) is 3.94. The number of benzene rings is 1. The van der Waals surface area contributed by atoms with Crippen LogP contribution < -0.4 is 15.8 Å². The molecule has 17 heavy (non-hydrogen) atoms. The molecule has 0 saturated heterocycles. The first-order valence-electron chi connectivity index (χ1n) is 5.54. The van der Waals surface area contributed by atoms with Crippen LogP contribution >= 0.6 is 0 Å². The number of methoxy groups -OCH3 is 1. The number of nitrogens with two attached hydrogens (primary N) is 1. The molecule has 5 nitrogen and oxygen atoms in total. The molecule has 1 aliphatic heterocycles. The maximum atomic E-state index is 11.2. The zero-order valence-electron chi connectivity index (χ0n) is 9.79. The molecule has 1 heterocycles. The van der Waals surface area contributed by atoms with Gasteiger partial charge in [0.1, 0.15) is 12.4 Å². The Hall–Kier alpha value is -1.75. The highest BCUT2D eigenvalue weighted by atomic mass is 16.5. The van der Waals surface area contributed by atoms with Crippen LogP contribution in [0, 0.1) is 0 Å². The van der Waals surface area contributed by atoms with Gasteiger partial charge in [-0.1, -0.05) is 0 Å². The summed E-state index contributed by atoms with van der Waals surface area (Å²) < 4.78 is 10.4. The number of anilines is 2. The minimum absolute atomic E-state index is 0.0324. The van der Waals surface area contributed by atoms with Crippen LogP contribution in [0.2, 0.25) is 0 Å². The van der Waals surface area contributed by atoms with Gasteiger partial charge in [-0.05, 0) is 24.1 Å². The second kappa shape index (κ2) is 5.05. The van der Waals surface area contributed by atoms with Gasteiger partial charge in [-0.25, -0.2) is 0 Å². The first-order valence-corrected chi connectivity index (χ1v) is 5.54. The molecule has 5 heteroatoms. The Labute approximate surface area is 99.9 Å². The van der Waals surface area contributed by atoms with E-state index in [0.717, 1.165) is 17.7 Å². The van der Waals surface area contributed by atoms with Crippen molar-refractivity contribution in [2.75, 3.05) is 31.4 Å². The zero-order chi connectivity index (χ0) is 12.3. The SMILES string of the molecule is COCCOc1cc2c(cc1N)NC(=O)CC2. The van der Waals surface area contributed by atoms with Crippen LogP contribution in [0.15, 0.2) is 12.1 Å². The number of hydrogen-bond acceptors (Lipinski definition) is 4. The summed E-state index contributed by atoms with van der Waals surface area (Å²) in [5, 5.41) is 2.80. The van der Waals surface area contributed by atoms with Crippen LogP contribution in [0.3, 0.4) is 0 Å². The number of nitrogens with one attached hydrogen (secondary N) is 1. The Balaban J connectivity index is 2.16. The minimum Gasteiger partial charge on any atom is -0.489 e. The van der Waals surface area contributed by atoms with Crippen molar-refractivity contribution in [3.63, 3.8) is 0 Å². The molecular formula is C12H16N2O3. The summed E-state index contributed by atoms with van der Waals surface area (Å²) in [4.78, 5) is 11.2. The van der Waals surface area contributed by atoms with Crippen molar-refractivity contribution in [3.8, 4) is 5.75 Å². The first-order chi connectivity index (χ1) is 8.20. The van der Waals surface area contributed by atoms with Crippen molar-refractivity contribution in [1.82, 2.24) is 0 Å². The molecule has 0 aromatic heterocycles. The Bertz CT molecular complexity index is 432. The summed E-state index contributed by atoms with van der Waals surface area (Å²) in [6.45, 7) is 0.985. The number of hydrogen-bond donors (Lipinski definition) is 2. The van der Waals surface area contributed by atoms with E-state index in [1.807, 2.05) is 6.07 Å². The van der Waals surface area contributed by atoms with Gasteiger partial charge in [-0.2, -0.15) is 0 Å². The van der Waals surface area contributed by atoms with Gasteiger partial charge in [0.15, 0.2) is 0 Å². The smallest absolute Gasteiger partial charge is 0.224 e. The Morgan fingerprint density at radius 3 is 2.94 bits per heavy atom. The van der Waals surface area contributed by atoms with Gasteiger partial charge in [0.05, 0.1) is 12.3 Å². The highest BCUT2D eigenvalue weighted by Gasteiger charge is 2.17. The fraction of sp³-hybridized carbons (Fsp3) is 0.417. The molecular weight excluding hydrogens is 220 g/mol. The fourth-order valence-corrected chi connectivity index (χ4v) is 1.78. The van der Waals surface area contributed by atoms with Gasteiger partial charge >= 0.3 is 0 Å². The van der Waals surface area contributed by atoms with Crippen LogP contribution in [-0.2, 0) is 16.0 Å². The predicted octanol–water partition coefficient (Wildman–Crippen LogP) is 1.18. The summed E-state index contributed by atoms with van der Waals surface area (Å²) in [5.74, 6) is 0.682. The van der Waals surface area contributed by atoms with E-state index in [9.17, 15) is 4.79 Å². The van der Waals surface area contributed by atoms with Gasteiger partial charge in [0, 0.05) is 19.2 Å². The van der Waals surface area contributed by atoms with E-state index in [1.54, 1.807) is 13.2 Å². The maximum Gasteiger partial charge on any atom is 0.224 e. The summed E-state index contributed by atoms with van der Waals surface area (Å²) in [6.07, 6.45) is 1.23. The zero-order valence-corrected chi connectivity index (χ0v) is 9.79. The third-order valence-corrected chi connectivity index (χ3v) is 2.68. The maximum absolute atomic E-state index is 11.2. The second-order valence-electron chi connectivity index (χ2n) is 3.94. The van der Waals surface area contributed by atoms with Gasteiger partial charge in [-0.15, -0.1) is 0 Å². The molecule has 2 rings (SSSR count). The third-order valence-electron chi connectivity index (χ3n) is 2.68. The third kappa shape index (κ3) is 2.68. The number of amides is 1. The molecule has 1 aromatic carbocycles. The number of carbonyl (C=O) groups is 1. The molecule has 0 aliphatic carbocycles. The van der Waals surface area contributed by atoms with E-state index in [2.05, 4.69) is 5.32 Å². The lowest BCUT2D eigenvalue weighted by Crippen LogP contribution is -2.19. The van der Waals surface area contributed by atoms with Gasteiger partial charge in [0.25, 0.3) is 0 Å². The number of nitrogen functional groups attached to an aromatic ring is 1. The summed E-state index contributed by atoms with van der Waals surface area (Å²) in [5.41, 5.74) is 8.24. The fourth-order valence-electron chi connectivity index (χ4n) is 1.78. The Kier molecular flexibility index (Phi) is 3.49. The lowest BCUT2D eigenvalue weighted by Gasteiger charge is -2.19. The normalized spacial score (nSPS) is 14.1. The lowest BCUT2D eigenvalue weighted by molar-refractivity contribution is -0.116. The molecule has 0 spiro atoms. The summed E-state index contributed by atoms with van der Waals surface area (Å²) in [7, 11) is 1.62. The molecule has 3 N–H and O–H groups in total. The van der Waals surface area contributed by atoms with Crippen molar-refractivity contribution >= 4 is 17.3 Å². The largest absolute Gasteiger partial charge is 0.489 e. The van der Waals surface area contributed by atoms with E-state index in [0.29, 0.717) is 31.1 Å². The van der Waals surface area contributed by atoms with Crippen LogP contribution in [-0.4, -0.2) is 26.2 Å². The summed E-state index contributed by atoms with van der Waals surface area (Å²) >= 11 is 0. The Morgan fingerprint density at radius 2 is 2.18 bits per heavy atom. The molecule has 0 fully saturated rings. The van der Waals surface area contributed by atoms with Gasteiger partial charge < -0.3 is 20.5 Å². The predicted molar refractivity (Wildman–Crippen MR) is 65.2 cm³/mol. The van der Waals surface area contributed by atoms with Crippen LogP contribution in [0.4, 0.5) is 11.4 Å². The molecule has 0 saturated carbocycles. The number of fused-ring (bicyclic) bond motifs is 1. The molecule has 1 aromatic rings. The van der Waals surface area contributed by atoms with Crippen LogP contribution in [0.25, 0.3) is 0 Å². The molecule has 0 radical (unpaired) electrons. The van der Waals surface area contributed by atoms with E-state index in [-0.39, 0.29) is 5.91 Å². The minimum atomic E-state index is 0.0324. The number of ether oxygens (including phenoxy) is 2. The number of aryl methyl sites for hydroxylation is 1. The average molecular weight is 236 g/mol. The van der Waals surface area contributed by atoms with Crippen molar-refractivity contribution < 1.29 is 14.3 Å². The first kappa shape index (κ1) is 11.7. The van der Waals surface area contributed by atoms with E-state index < -0.39 is 0 Å². The molecule has 92 valence electrons. The topological polar surface area (TPSA) is 73.6 Å². The van der Waals surface area contributed by atoms with Crippen molar-refractivity contribution in [2.45, 2.75) is 12.8 Å². The monoisotopic (exact) mass is 236 g/mol. The van der Waals surface area contributed by atoms with Gasteiger partial charge in [0.2, 0.25) is 5.91 Å². The number of rotatable bonds is 4. The lowest BCUT2D eigenvalue weighted by atomic mass is 10.0. The van der Waals surface area contributed by atoms with E-state index in [1.165, 1.54) is 0 Å². The highest BCUT2D eigenvalue weighted by molar-refractivity contribution is 5.94. The molecule has 0 unspecified atom stereocenters. The van der Waals surface area contributed by atoms with Crippen molar-refractivity contribution in [3.05, 3.63) is 17.7 Å². The standard InChI is InChI=1S/C12H16N2O3/c1-16-4-5-17-11-6-8-2-3-12(15)14-10(8)7-9(11)13/h6-7H,2-5,13H2,1H3,(H,14,15). The van der Waals surface area contributed by atoms with Crippen LogP contribution in [0.5, 0.6) is 5.75 Å². The van der Waals surface area contributed by atoms with E-state index >= 15 is 0 Å². The van der Waals surface area contributed by atoms with Gasteiger partial charge in [-0.3, -0.25) is 4.79 Å². The Morgan fingerprint density at radius 1 is 1.35 bits per heavy atom. The highest BCUT2D eigenvalue weighted by Crippen LogP contribution is 2.32. The molecule has 0 bridgehead atoms. The van der Waals surface area contributed by atoms with Crippen molar-refractivity contribution in [1.29, 1.82) is 0 Å². The molecule has 1 aliphatic rings. The molecule has 0 atom stereocenters. The van der Waals surface area contributed by atoms with Crippen LogP contribution in [0.1, 0.15) is 12.0 Å². The number of carbonyl (C=O) groups excluding carboxylic acids is 1. The van der Waals surface area contributed by atoms with Crippen molar-refractivity contribution in [2.24, 2.45) is 0 Å². The molecule has 1 amide bonds. The quantitative estimate of drug-likeness (QED) is 0.608. The average Bonchev–Trinajstić information content (AvgIpc) is 2.30. The summed E-state index contributed by atoms with van der Waals surface area (Å²) in [6, 6.07) is 3.63. The van der Waals surface area contributed by atoms with E-state index in [4.69, 9.17) is 15.2 Å².